The van der Waals surface area contributed by atoms with Gasteiger partial charge in [-0.05, 0) is 23.3 Å². The van der Waals surface area contributed by atoms with E-state index in [1.165, 1.54) is 0 Å². The van der Waals surface area contributed by atoms with E-state index in [1.54, 1.807) is 0 Å². The fourth-order valence-electron chi connectivity index (χ4n) is 1.37. The third-order valence-corrected chi connectivity index (χ3v) is 2.61. The lowest BCUT2D eigenvalue weighted by Crippen LogP contribution is -2.43. The Bertz CT molecular complexity index is 327. The van der Waals surface area contributed by atoms with E-state index >= 15 is 0 Å². The molecule has 0 saturated carbocycles. The van der Waals surface area contributed by atoms with Crippen LogP contribution in [0.5, 0.6) is 0 Å². The maximum absolute atomic E-state index is 11.7. The zero-order valence-electron chi connectivity index (χ0n) is 9.53. The molecule has 0 radical (unpaired) electrons. The first kappa shape index (κ1) is 13.0. The monoisotopic (exact) mass is 240 g/mol. The van der Waals surface area contributed by atoms with Crippen molar-refractivity contribution in [3.05, 3.63) is 35.9 Å². The number of amides is 1. The molecule has 4 heteroatoms. The van der Waals surface area contributed by atoms with Crippen molar-refractivity contribution < 1.29 is 4.79 Å². The summed E-state index contributed by atoms with van der Waals surface area (Å²) in [5.74, 6) is 0.0853. The van der Waals surface area contributed by atoms with Gasteiger partial charge in [0, 0.05) is 6.54 Å². The number of benzene rings is 1. The second-order valence-corrected chi connectivity index (χ2v) is 4.25. The molecule has 0 aliphatic carbocycles. The fraction of sp³-hybridized carbons (Fsp3) is 0.417. The van der Waals surface area contributed by atoms with Crippen LogP contribution < -0.4 is 10.2 Å². The van der Waals surface area contributed by atoms with Crippen LogP contribution in [0.1, 0.15) is 19.4 Å². The molecule has 0 spiro atoms. The summed E-state index contributed by atoms with van der Waals surface area (Å²) in [6.45, 7) is 4.42. The van der Waals surface area contributed by atoms with Crippen LogP contribution in [0.4, 0.5) is 0 Å². The average molecular weight is 241 g/mol. The molecule has 0 unspecified atom stereocenters. The van der Waals surface area contributed by atoms with E-state index in [0.29, 0.717) is 6.54 Å². The number of carbonyl (C=O) groups excluding carboxylic acids is 1. The van der Waals surface area contributed by atoms with E-state index < -0.39 is 0 Å². The first-order valence-corrected chi connectivity index (χ1v) is 5.70. The van der Waals surface area contributed by atoms with Crippen LogP contribution in [0.25, 0.3) is 0 Å². The van der Waals surface area contributed by atoms with Crippen molar-refractivity contribution in [1.82, 2.24) is 10.2 Å². The van der Waals surface area contributed by atoms with Crippen LogP contribution in [0.2, 0.25) is 0 Å². The molecule has 1 aromatic carbocycles. The fourth-order valence-corrected chi connectivity index (χ4v) is 1.72. The summed E-state index contributed by atoms with van der Waals surface area (Å²) in [7, 11) is 0. The van der Waals surface area contributed by atoms with Gasteiger partial charge < -0.3 is 5.32 Å². The summed E-state index contributed by atoms with van der Waals surface area (Å²) >= 11 is 5.53. The van der Waals surface area contributed by atoms with Gasteiger partial charge in [0.05, 0.1) is 0 Å². The van der Waals surface area contributed by atoms with Crippen LogP contribution >= 0.6 is 11.8 Å². The second kappa shape index (κ2) is 6.51. The minimum atomic E-state index is -0.356. The summed E-state index contributed by atoms with van der Waals surface area (Å²) in [6.07, 6.45) is 0. The van der Waals surface area contributed by atoms with Gasteiger partial charge in [0.1, 0.15) is 6.04 Å². The predicted octanol–water partition coefficient (Wildman–Crippen LogP) is 2.07. The van der Waals surface area contributed by atoms with Gasteiger partial charge in [0.15, 0.2) is 0 Å². The molecule has 1 rings (SSSR count). The molecule has 0 saturated heterocycles. The highest BCUT2D eigenvalue weighted by atomic mass is 35.5. The normalized spacial score (nSPS) is 12.5. The Morgan fingerprint density at radius 3 is 2.44 bits per heavy atom. The number of rotatable bonds is 5. The number of nitrogens with one attached hydrogen (secondary N) is 2. The first-order valence-electron chi connectivity index (χ1n) is 5.33. The first-order chi connectivity index (χ1) is 7.65. The van der Waals surface area contributed by atoms with Crippen LogP contribution in [-0.2, 0) is 11.3 Å². The summed E-state index contributed by atoms with van der Waals surface area (Å²) in [4.78, 5) is 14.2. The Hall–Kier alpha value is -1.06. The van der Waals surface area contributed by atoms with Crippen LogP contribution in [0.15, 0.2) is 30.3 Å². The van der Waals surface area contributed by atoms with E-state index in [9.17, 15) is 4.79 Å². The topological polar surface area (TPSA) is 41.1 Å². The van der Waals surface area contributed by atoms with E-state index in [2.05, 4.69) is 10.2 Å². The molecule has 1 aromatic rings. The third-order valence-electron chi connectivity index (χ3n) is 2.38. The summed E-state index contributed by atoms with van der Waals surface area (Å²) in [5.41, 5.74) is 1.08. The molecular weight excluding hydrogens is 224 g/mol. The Morgan fingerprint density at radius 2 is 1.94 bits per heavy atom. The van der Waals surface area contributed by atoms with Gasteiger partial charge in [-0.3, -0.25) is 4.79 Å². The van der Waals surface area contributed by atoms with Gasteiger partial charge >= 0.3 is 0 Å². The highest BCUT2D eigenvalue weighted by Crippen LogP contribution is 2.03. The molecule has 1 amide bonds. The Balaban J connectivity index is 2.46. The van der Waals surface area contributed by atoms with Gasteiger partial charge in [-0.25, -0.2) is 4.84 Å². The maximum Gasteiger partial charge on any atom is 0.238 e. The number of hydrogen-bond acceptors (Lipinski definition) is 2. The average Bonchev–Trinajstić information content (AvgIpc) is 2.28. The van der Waals surface area contributed by atoms with Crippen LogP contribution in [0.3, 0.4) is 0 Å². The van der Waals surface area contributed by atoms with Crippen molar-refractivity contribution in [2.24, 2.45) is 5.92 Å². The molecule has 2 N–H and O–H groups in total. The molecule has 3 nitrogen and oxygen atoms in total. The number of hydrogen-bond donors (Lipinski definition) is 2. The third kappa shape index (κ3) is 3.83. The quantitative estimate of drug-likeness (QED) is 0.774. The van der Waals surface area contributed by atoms with Crippen molar-refractivity contribution in [2.45, 2.75) is 26.4 Å². The Labute approximate surface area is 101 Å². The van der Waals surface area contributed by atoms with Gasteiger partial charge in [-0.1, -0.05) is 44.2 Å². The van der Waals surface area contributed by atoms with Crippen molar-refractivity contribution in [1.29, 1.82) is 0 Å². The summed E-state index contributed by atoms with van der Waals surface area (Å²) < 4.78 is 0. The molecule has 0 aliphatic heterocycles. The summed E-state index contributed by atoms with van der Waals surface area (Å²) in [5, 5.41) is 2.85. The molecule has 1 atom stereocenters. The SMILES string of the molecule is CC(C)[C@@H](NCl)C(=O)NCc1ccccc1. The highest BCUT2D eigenvalue weighted by molar-refractivity contribution is 6.15. The lowest BCUT2D eigenvalue weighted by atomic mass is 10.0. The van der Waals surface area contributed by atoms with Crippen molar-refractivity contribution in [3.8, 4) is 0 Å². The van der Waals surface area contributed by atoms with E-state index in [-0.39, 0.29) is 17.9 Å². The van der Waals surface area contributed by atoms with Crippen molar-refractivity contribution in [3.63, 3.8) is 0 Å². The second-order valence-electron chi connectivity index (χ2n) is 4.03. The van der Waals surface area contributed by atoms with Gasteiger partial charge in [-0.15, -0.1) is 0 Å². The summed E-state index contributed by atoms with van der Waals surface area (Å²) in [6, 6.07) is 9.42. The Morgan fingerprint density at radius 1 is 1.31 bits per heavy atom. The molecule has 0 fully saturated rings. The molecule has 88 valence electrons. The minimum absolute atomic E-state index is 0.0751. The molecule has 0 heterocycles. The van der Waals surface area contributed by atoms with Crippen molar-refractivity contribution >= 4 is 17.7 Å². The zero-order valence-corrected chi connectivity index (χ0v) is 10.3. The molecule has 0 bridgehead atoms. The van der Waals surface area contributed by atoms with E-state index in [4.69, 9.17) is 11.8 Å². The lowest BCUT2D eigenvalue weighted by molar-refractivity contribution is -0.123. The highest BCUT2D eigenvalue weighted by Gasteiger charge is 2.20. The van der Waals surface area contributed by atoms with Crippen molar-refractivity contribution in [2.75, 3.05) is 0 Å². The number of carbonyl (C=O) groups is 1. The minimum Gasteiger partial charge on any atom is -0.351 e. The maximum atomic E-state index is 11.7. The van der Waals surface area contributed by atoms with Gasteiger partial charge in [0.2, 0.25) is 5.91 Å². The van der Waals surface area contributed by atoms with E-state index in [0.717, 1.165) is 5.56 Å². The zero-order chi connectivity index (χ0) is 12.0. The van der Waals surface area contributed by atoms with Crippen LogP contribution in [-0.4, -0.2) is 11.9 Å². The molecular formula is C12H17ClN2O. The van der Waals surface area contributed by atoms with Gasteiger partial charge in [-0.2, -0.15) is 0 Å². The van der Waals surface area contributed by atoms with Crippen LogP contribution in [0, 0.1) is 5.92 Å². The predicted molar refractivity (Wildman–Crippen MR) is 65.9 cm³/mol. The number of halogens is 1. The lowest BCUT2D eigenvalue weighted by Gasteiger charge is -2.17. The van der Waals surface area contributed by atoms with Gasteiger partial charge in [0.25, 0.3) is 0 Å². The Kier molecular flexibility index (Phi) is 5.29. The molecule has 0 aromatic heterocycles. The standard InChI is InChI=1S/C12H17ClN2O/c1-9(2)11(15-13)12(16)14-8-10-6-4-3-5-7-10/h3-7,9,11,15H,8H2,1-2H3,(H,14,16)/t11-/m1/s1. The smallest absolute Gasteiger partial charge is 0.238 e. The largest absolute Gasteiger partial charge is 0.351 e. The van der Waals surface area contributed by atoms with E-state index in [1.807, 2.05) is 44.2 Å². The molecule has 16 heavy (non-hydrogen) atoms. The molecule has 0 aliphatic rings.